The maximum Gasteiger partial charge on any atom is 0.271 e. The van der Waals surface area contributed by atoms with Crippen molar-refractivity contribution >= 4 is 17.9 Å². The predicted molar refractivity (Wildman–Crippen MR) is 122 cm³/mol. The number of nitrogens with zero attached hydrogens (tertiary/aromatic N) is 2. The molecule has 0 radical (unpaired) electrons. The van der Waals surface area contributed by atoms with E-state index in [0.717, 1.165) is 4.90 Å². The Kier molecular flexibility index (Phi) is 7.29. The maximum atomic E-state index is 13.9. The number of nitriles is 1. The van der Waals surface area contributed by atoms with Gasteiger partial charge in [0.25, 0.3) is 11.8 Å². The Bertz CT molecular complexity index is 1190. The summed E-state index contributed by atoms with van der Waals surface area (Å²) >= 11 is 0. The number of carbonyl (C=O) groups is 2. The molecule has 1 aliphatic rings. The third-order valence-corrected chi connectivity index (χ3v) is 5.64. The normalized spacial score (nSPS) is 16.1. The highest BCUT2D eigenvalue weighted by molar-refractivity contribution is 6.19. The Morgan fingerprint density at radius 1 is 1.15 bits per heavy atom. The lowest BCUT2D eigenvalue weighted by atomic mass is 9.92. The summed E-state index contributed by atoms with van der Waals surface area (Å²) in [7, 11) is 1.48. The van der Waals surface area contributed by atoms with Gasteiger partial charge in [-0.1, -0.05) is 31.2 Å². The van der Waals surface area contributed by atoms with E-state index in [2.05, 4.69) is 0 Å². The molecule has 0 saturated carbocycles. The molecule has 0 spiro atoms. The van der Waals surface area contributed by atoms with Gasteiger partial charge in [0.05, 0.1) is 7.11 Å². The number of amides is 2. The van der Waals surface area contributed by atoms with Crippen LogP contribution in [0.1, 0.15) is 38.3 Å². The highest BCUT2D eigenvalue weighted by Gasteiger charge is 2.37. The average molecular weight is 448 g/mol. The molecule has 33 heavy (non-hydrogen) atoms. The van der Waals surface area contributed by atoms with E-state index in [4.69, 9.17) is 9.47 Å². The van der Waals surface area contributed by atoms with Crippen LogP contribution < -0.4 is 9.47 Å². The number of rotatable bonds is 7. The van der Waals surface area contributed by atoms with Gasteiger partial charge in [0.1, 0.15) is 24.1 Å². The topological polar surface area (TPSA) is 79.6 Å². The number of hydrogen-bond donors (Lipinski definition) is 0. The first-order valence-corrected chi connectivity index (χ1v) is 10.6. The first kappa shape index (κ1) is 23.7. The molecule has 0 fully saturated rings. The summed E-state index contributed by atoms with van der Waals surface area (Å²) in [5, 5.41) is 9.51. The molecule has 3 rings (SSSR count). The number of imide groups is 1. The Balaban J connectivity index is 1.95. The van der Waals surface area contributed by atoms with Gasteiger partial charge in [-0.3, -0.25) is 14.5 Å². The van der Waals surface area contributed by atoms with E-state index in [1.54, 1.807) is 56.3 Å². The molecule has 2 amide bonds. The summed E-state index contributed by atoms with van der Waals surface area (Å²) in [6.45, 7) is 5.27. The van der Waals surface area contributed by atoms with Crippen molar-refractivity contribution in [1.29, 1.82) is 5.26 Å². The fourth-order valence-electron chi connectivity index (χ4n) is 3.51. The molecular weight excluding hydrogens is 423 g/mol. The molecule has 7 heteroatoms. The second-order valence-corrected chi connectivity index (χ2v) is 7.70. The Morgan fingerprint density at radius 3 is 2.52 bits per heavy atom. The van der Waals surface area contributed by atoms with Crippen LogP contribution in [0.15, 0.2) is 59.2 Å². The van der Waals surface area contributed by atoms with E-state index >= 15 is 0 Å². The number of ether oxygens (including phenoxy) is 2. The van der Waals surface area contributed by atoms with Gasteiger partial charge in [0.15, 0.2) is 11.5 Å². The number of methoxy groups -OCH3 is 1. The molecule has 2 aromatic rings. The molecule has 0 bridgehead atoms. The lowest BCUT2D eigenvalue weighted by Gasteiger charge is -2.31. The standard InChI is InChI=1S/C26H25FN2O4/c1-5-16(2)29-25(30)20(17(3)21(14-28)26(29)31)12-18-10-11-23(24(13-18)32-4)33-15-19-8-6-7-9-22(19)27/h6-13,16H,5,15H2,1-4H3/b20-12+. The summed E-state index contributed by atoms with van der Waals surface area (Å²) in [4.78, 5) is 26.9. The molecule has 1 unspecified atom stereocenters. The van der Waals surface area contributed by atoms with Crippen LogP contribution in [0.4, 0.5) is 4.39 Å². The third kappa shape index (κ3) is 4.80. The second-order valence-electron chi connectivity index (χ2n) is 7.70. The molecule has 0 aliphatic carbocycles. The Labute approximate surface area is 192 Å². The minimum absolute atomic E-state index is 0.0291. The van der Waals surface area contributed by atoms with Crippen molar-refractivity contribution in [3.8, 4) is 17.6 Å². The van der Waals surface area contributed by atoms with Gasteiger partial charge >= 0.3 is 0 Å². The van der Waals surface area contributed by atoms with Gasteiger partial charge in [-0.15, -0.1) is 0 Å². The minimum atomic E-state index is -0.569. The second kappa shape index (κ2) is 10.1. The molecule has 0 aromatic heterocycles. The van der Waals surface area contributed by atoms with Gasteiger partial charge in [-0.2, -0.15) is 5.26 Å². The number of hydrogen-bond acceptors (Lipinski definition) is 5. The van der Waals surface area contributed by atoms with Crippen molar-refractivity contribution < 1.29 is 23.5 Å². The lowest BCUT2D eigenvalue weighted by Crippen LogP contribution is -2.47. The van der Waals surface area contributed by atoms with Crippen LogP contribution in [0.2, 0.25) is 0 Å². The molecule has 1 aliphatic heterocycles. The van der Waals surface area contributed by atoms with Gasteiger partial charge in [-0.05, 0) is 55.7 Å². The molecule has 2 aromatic carbocycles. The number of benzene rings is 2. The summed E-state index contributed by atoms with van der Waals surface area (Å²) in [6, 6.07) is 13.0. The van der Waals surface area contributed by atoms with Gasteiger partial charge in [0, 0.05) is 17.2 Å². The highest BCUT2D eigenvalue weighted by Crippen LogP contribution is 2.33. The van der Waals surface area contributed by atoms with Crippen molar-refractivity contribution in [3.63, 3.8) is 0 Å². The quantitative estimate of drug-likeness (QED) is 0.449. The van der Waals surface area contributed by atoms with Crippen LogP contribution in [0.25, 0.3) is 6.08 Å². The highest BCUT2D eigenvalue weighted by atomic mass is 19.1. The van der Waals surface area contributed by atoms with E-state index in [1.807, 2.05) is 13.0 Å². The van der Waals surface area contributed by atoms with Crippen molar-refractivity contribution in [3.05, 3.63) is 76.1 Å². The number of carbonyl (C=O) groups excluding carboxylic acids is 2. The molecule has 1 atom stereocenters. The van der Waals surface area contributed by atoms with E-state index < -0.39 is 11.8 Å². The van der Waals surface area contributed by atoms with E-state index in [1.165, 1.54) is 13.2 Å². The number of halogens is 1. The summed E-state index contributed by atoms with van der Waals surface area (Å²) in [6.07, 6.45) is 2.20. The van der Waals surface area contributed by atoms with Gasteiger partial charge in [-0.25, -0.2) is 4.39 Å². The molecule has 0 N–H and O–H groups in total. The Hall–Kier alpha value is -3.92. The first-order valence-electron chi connectivity index (χ1n) is 10.6. The van der Waals surface area contributed by atoms with Crippen molar-refractivity contribution in [2.24, 2.45) is 0 Å². The SMILES string of the molecule is CCC(C)N1C(=O)C(C#N)=C(C)/C(=C\c2ccc(OCc3ccccc3F)c(OC)c2)C1=O. The Morgan fingerprint density at radius 2 is 1.88 bits per heavy atom. The first-order chi connectivity index (χ1) is 15.8. The molecular formula is C26H25FN2O4. The maximum absolute atomic E-state index is 13.9. The van der Waals surface area contributed by atoms with Crippen molar-refractivity contribution in [2.75, 3.05) is 7.11 Å². The molecule has 1 heterocycles. The fourth-order valence-corrected chi connectivity index (χ4v) is 3.51. The smallest absolute Gasteiger partial charge is 0.271 e. The van der Waals surface area contributed by atoms with E-state index in [0.29, 0.717) is 34.6 Å². The fraction of sp³-hybridized carbons (Fsp3) is 0.269. The van der Waals surface area contributed by atoms with E-state index in [9.17, 15) is 19.2 Å². The van der Waals surface area contributed by atoms with Crippen LogP contribution in [0.5, 0.6) is 11.5 Å². The third-order valence-electron chi connectivity index (χ3n) is 5.64. The summed E-state index contributed by atoms with van der Waals surface area (Å²) in [5.41, 5.74) is 1.61. The van der Waals surface area contributed by atoms with Crippen LogP contribution in [-0.2, 0) is 16.2 Å². The van der Waals surface area contributed by atoms with Crippen LogP contribution >= 0.6 is 0 Å². The lowest BCUT2D eigenvalue weighted by molar-refractivity contribution is -0.142. The van der Waals surface area contributed by atoms with Crippen LogP contribution in [-0.4, -0.2) is 29.9 Å². The minimum Gasteiger partial charge on any atom is -0.493 e. The largest absolute Gasteiger partial charge is 0.493 e. The van der Waals surface area contributed by atoms with Gasteiger partial charge < -0.3 is 9.47 Å². The molecule has 170 valence electrons. The predicted octanol–water partition coefficient (Wildman–Crippen LogP) is 4.80. The summed E-state index contributed by atoms with van der Waals surface area (Å²) in [5.74, 6) is -0.546. The zero-order chi connectivity index (χ0) is 24.1. The summed E-state index contributed by atoms with van der Waals surface area (Å²) < 4.78 is 25.0. The van der Waals surface area contributed by atoms with E-state index in [-0.39, 0.29) is 29.6 Å². The average Bonchev–Trinajstić information content (AvgIpc) is 2.81. The zero-order valence-electron chi connectivity index (χ0n) is 19.0. The monoisotopic (exact) mass is 448 g/mol. The van der Waals surface area contributed by atoms with Gasteiger partial charge in [0.2, 0.25) is 0 Å². The molecule has 0 saturated heterocycles. The molecule has 6 nitrogen and oxygen atoms in total. The van der Waals surface area contributed by atoms with Crippen molar-refractivity contribution in [2.45, 2.75) is 39.8 Å². The van der Waals surface area contributed by atoms with Crippen LogP contribution in [0, 0.1) is 17.1 Å². The van der Waals surface area contributed by atoms with Crippen molar-refractivity contribution in [1.82, 2.24) is 4.90 Å². The zero-order valence-corrected chi connectivity index (χ0v) is 19.0. The van der Waals surface area contributed by atoms with Crippen LogP contribution in [0.3, 0.4) is 0 Å².